The third-order valence-electron chi connectivity index (χ3n) is 2.93. The second-order valence-electron chi connectivity index (χ2n) is 4.04. The third kappa shape index (κ3) is 2.01. The van der Waals surface area contributed by atoms with Crippen LogP contribution in [0.2, 0.25) is 5.02 Å². The lowest BCUT2D eigenvalue weighted by atomic mass is 10.2. The minimum Gasteiger partial charge on any atom is -0.383 e. The zero-order chi connectivity index (χ0) is 13.3. The molecule has 5 heteroatoms. The fourth-order valence-electron chi connectivity index (χ4n) is 1.81. The number of hydrogen-bond donors (Lipinski definition) is 2. The molecule has 2 aromatic rings. The van der Waals surface area contributed by atoms with E-state index in [2.05, 4.69) is 11.5 Å². The predicted molar refractivity (Wildman–Crippen MR) is 73.5 cm³/mol. The fourth-order valence-corrected chi connectivity index (χ4v) is 2.00. The molecule has 0 aliphatic heterocycles. The molecule has 0 spiro atoms. The molecule has 0 aliphatic rings. The van der Waals surface area contributed by atoms with Crippen LogP contribution in [0.15, 0.2) is 24.3 Å². The smallest absolute Gasteiger partial charge is 0.141 e. The van der Waals surface area contributed by atoms with Crippen molar-refractivity contribution < 1.29 is 0 Å². The molecule has 0 unspecified atom stereocenters. The number of hydrogen-bond acceptors (Lipinski definition) is 3. The summed E-state index contributed by atoms with van der Waals surface area (Å²) < 4.78 is 1.69. The Morgan fingerprint density at radius 3 is 2.67 bits per heavy atom. The van der Waals surface area contributed by atoms with Crippen LogP contribution < -0.4 is 11.2 Å². The van der Waals surface area contributed by atoms with Crippen molar-refractivity contribution in [2.75, 3.05) is 11.2 Å². The van der Waals surface area contributed by atoms with Gasteiger partial charge in [-0.15, -0.1) is 0 Å². The van der Waals surface area contributed by atoms with Gasteiger partial charge in [0.25, 0.3) is 0 Å². The highest BCUT2D eigenvalue weighted by Crippen LogP contribution is 2.24. The molecule has 0 saturated carbocycles. The van der Waals surface area contributed by atoms with Crippen molar-refractivity contribution in [1.29, 1.82) is 5.26 Å². The van der Waals surface area contributed by atoms with Gasteiger partial charge in [-0.2, -0.15) is 5.26 Å². The Morgan fingerprint density at radius 1 is 1.39 bits per heavy atom. The van der Waals surface area contributed by atoms with Crippen molar-refractivity contribution in [3.63, 3.8) is 0 Å². The number of nitrogens with two attached hydrogens (primary N) is 1. The second kappa shape index (κ2) is 4.63. The highest BCUT2D eigenvalue weighted by molar-refractivity contribution is 6.30. The third-order valence-corrected chi connectivity index (χ3v) is 3.16. The van der Waals surface area contributed by atoms with Gasteiger partial charge in [0, 0.05) is 10.7 Å². The summed E-state index contributed by atoms with van der Waals surface area (Å²) in [4.78, 5) is 0. The van der Waals surface area contributed by atoms with Gasteiger partial charge in [0.05, 0.1) is 11.3 Å². The highest BCUT2D eigenvalue weighted by Gasteiger charge is 2.15. The summed E-state index contributed by atoms with van der Waals surface area (Å²) in [5.41, 5.74) is 12.2. The molecular formula is C13H13ClN4. The van der Waals surface area contributed by atoms with Gasteiger partial charge in [-0.25, -0.2) is 4.68 Å². The summed E-state index contributed by atoms with van der Waals surface area (Å²) >= 11 is 5.92. The molecule has 1 aromatic carbocycles. The van der Waals surface area contributed by atoms with Crippen molar-refractivity contribution >= 4 is 23.1 Å². The molecule has 0 atom stereocenters. The number of benzene rings is 1. The minimum absolute atomic E-state index is 0.410. The Morgan fingerprint density at radius 2 is 2.11 bits per heavy atom. The molecule has 2 rings (SSSR count). The van der Waals surface area contributed by atoms with E-state index in [1.807, 2.05) is 26.0 Å². The van der Waals surface area contributed by atoms with E-state index in [9.17, 15) is 0 Å². The van der Waals surface area contributed by atoms with Crippen LogP contribution in [0, 0.1) is 25.2 Å². The average Bonchev–Trinajstić information content (AvgIpc) is 2.53. The van der Waals surface area contributed by atoms with Gasteiger partial charge in [-0.3, -0.25) is 5.43 Å². The lowest BCUT2D eigenvalue weighted by Crippen LogP contribution is -2.13. The number of halogens is 1. The summed E-state index contributed by atoms with van der Waals surface area (Å²) in [6.07, 6.45) is 0. The number of nitrogens with one attached hydrogen (secondary N) is 1. The van der Waals surface area contributed by atoms with E-state index in [1.165, 1.54) is 0 Å². The lowest BCUT2D eigenvalue weighted by Gasteiger charge is -2.12. The average molecular weight is 261 g/mol. The van der Waals surface area contributed by atoms with E-state index < -0.39 is 0 Å². The summed E-state index contributed by atoms with van der Waals surface area (Å²) in [5, 5.41) is 9.69. The van der Waals surface area contributed by atoms with Gasteiger partial charge in [0.15, 0.2) is 0 Å². The number of nitrogens with zero attached hydrogens (tertiary/aromatic N) is 2. The maximum Gasteiger partial charge on any atom is 0.141 e. The van der Waals surface area contributed by atoms with Crippen molar-refractivity contribution in [2.24, 2.45) is 0 Å². The molecule has 0 bridgehead atoms. The SMILES string of the molecule is Cc1c(C#N)c(N)n(Nc2cccc(Cl)c2)c1C. The second-order valence-corrected chi connectivity index (χ2v) is 4.48. The summed E-state index contributed by atoms with van der Waals surface area (Å²) in [5.74, 6) is 0.410. The lowest BCUT2D eigenvalue weighted by molar-refractivity contribution is 0.927. The predicted octanol–water partition coefficient (Wildman–Crippen LogP) is 3.09. The number of rotatable bonds is 2. The van der Waals surface area contributed by atoms with E-state index >= 15 is 0 Å². The van der Waals surface area contributed by atoms with Crippen molar-refractivity contribution in [3.05, 3.63) is 46.1 Å². The minimum atomic E-state index is 0.410. The monoisotopic (exact) mass is 260 g/mol. The summed E-state index contributed by atoms with van der Waals surface area (Å²) in [7, 11) is 0. The van der Waals surface area contributed by atoms with Crippen LogP contribution in [0.25, 0.3) is 0 Å². The van der Waals surface area contributed by atoms with Gasteiger partial charge in [-0.05, 0) is 37.6 Å². The summed E-state index contributed by atoms with van der Waals surface area (Å²) in [6, 6.07) is 9.43. The van der Waals surface area contributed by atoms with Crippen LogP contribution in [-0.4, -0.2) is 4.68 Å². The zero-order valence-corrected chi connectivity index (χ0v) is 10.9. The molecule has 0 amide bonds. The van der Waals surface area contributed by atoms with Gasteiger partial charge in [0.1, 0.15) is 11.9 Å². The van der Waals surface area contributed by atoms with Crippen molar-refractivity contribution in [3.8, 4) is 6.07 Å². The van der Waals surface area contributed by atoms with Crippen LogP contribution in [0.4, 0.5) is 11.5 Å². The van der Waals surface area contributed by atoms with Gasteiger partial charge in [-0.1, -0.05) is 17.7 Å². The first-order valence-corrected chi connectivity index (χ1v) is 5.82. The number of aromatic nitrogens is 1. The Bertz CT molecular complexity index is 637. The van der Waals surface area contributed by atoms with Gasteiger partial charge in [0.2, 0.25) is 0 Å². The van der Waals surface area contributed by atoms with Gasteiger partial charge < -0.3 is 5.73 Å². The summed E-state index contributed by atoms with van der Waals surface area (Å²) in [6.45, 7) is 3.78. The fraction of sp³-hybridized carbons (Fsp3) is 0.154. The van der Waals surface area contributed by atoms with Crippen LogP contribution in [-0.2, 0) is 0 Å². The molecule has 1 aromatic heterocycles. The molecule has 0 aliphatic carbocycles. The molecule has 0 radical (unpaired) electrons. The van der Waals surface area contributed by atoms with E-state index in [0.717, 1.165) is 16.9 Å². The van der Waals surface area contributed by atoms with Gasteiger partial charge >= 0.3 is 0 Å². The quantitative estimate of drug-likeness (QED) is 0.872. The molecule has 4 nitrogen and oxygen atoms in total. The number of nitriles is 1. The highest BCUT2D eigenvalue weighted by atomic mass is 35.5. The van der Waals surface area contributed by atoms with Crippen molar-refractivity contribution in [1.82, 2.24) is 4.68 Å². The Hall–Kier alpha value is -2.12. The van der Waals surface area contributed by atoms with E-state index in [0.29, 0.717) is 16.4 Å². The van der Waals surface area contributed by atoms with Crippen LogP contribution in [0.5, 0.6) is 0 Å². The molecule has 1 heterocycles. The van der Waals surface area contributed by atoms with E-state index in [-0.39, 0.29) is 0 Å². The molecule has 0 fully saturated rings. The molecule has 0 saturated heterocycles. The molecule has 18 heavy (non-hydrogen) atoms. The maximum atomic E-state index is 9.06. The molecule has 92 valence electrons. The number of anilines is 2. The normalized spacial score (nSPS) is 10.1. The van der Waals surface area contributed by atoms with Crippen LogP contribution in [0.3, 0.4) is 0 Å². The largest absolute Gasteiger partial charge is 0.383 e. The standard InChI is InChI=1S/C13H13ClN4/c1-8-9(2)18(13(16)12(8)7-15)17-11-5-3-4-10(14)6-11/h3-6,17H,16H2,1-2H3. The topological polar surface area (TPSA) is 66.8 Å². The Kier molecular flexibility index (Phi) is 3.17. The zero-order valence-electron chi connectivity index (χ0n) is 10.2. The van der Waals surface area contributed by atoms with E-state index in [1.54, 1.807) is 16.8 Å². The Labute approximate surface area is 111 Å². The molecule has 3 N–H and O–H groups in total. The van der Waals surface area contributed by atoms with Crippen molar-refractivity contribution in [2.45, 2.75) is 13.8 Å². The number of nitrogen functional groups attached to an aromatic ring is 1. The Balaban J connectivity index is 2.45. The molecular weight excluding hydrogens is 248 g/mol. The first-order valence-electron chi connectivity index (χ1n) is 5.44. The van der Waals surface area contributed by atoms with Crippen LogP contribution in [0.1, 0.15) is 16.8 Å². The van der Waals surface area contributed by atoms with E-state index in [4.69, 9.17) is 22.6 Å². The maximum absolute atomic E-state index is 9.06. The first kappa shape index (κ1) is 12.3. The van der Waals surface area contributed by atoms with Crippen LogP contribution >= 0.6 is 11.6 Å². The first-order chi connectivity index (χ1) is 8.54.